The summed E-state index contributed by atoms with van der Waals surface area (Å²) in [4.78, 5) is 4.53. The van der Waals surface area contributed by atoms with E-state index in [4.69, 9.17) is 38.2 Å². The van der Waals surface area contributed by atoms with Crippen molar-refractivity contribution in [1.82, 2.24) is 10.1 Å². The Balaban J connectivity index is 0.00000210. The van der Waals surface area contributed by atoms with Gasteiger partial charge in [0.15, 0.2) is 5.82 Å². The molecule has 0 aliphatic heterocycles. The summed E-state index contributed by atoms with van der Waals surface area (Å²) in [5.74, 6) is 1.44. The van der Waals surface area contributed by atoms with Gasteiger partial charge in [0.1, 0.15) is 5.75 Å². The van der Waals surface area contributed by atoms with Gasteiger partial charge >= 0.3 is 0 Å². The highest BCUT2D eigenvalue weighted by Crippen LogP contribution is 2.38. The van der Waals surface area contributed by atoms with Crippen molar-refractivity contribution in [2.45, 2.75) is 30.9 Å². The molecule has 2 N–H and O–H groups in total. The van der Waals surface area contributed by atoms with E-state index in [2.05, 4.69) is 10.1 Å². The molecule has 0 radical (unpaired) electrons. The molecule has 1 aromatic heterocycles. The molecule has 1 atom stereocenters. The van der Waals surface area contributed by atoms with E-state index in [9.17, 15) is 0 Å². The van der Waals surface area contributed by atoms with Crippen LogP contribution in [0.25, 0.3) is 0 Å². The molecule has 5 nitrogen and oxygen atoms in total. The zero-order valence-corrected chi connectivity index (χ0v) is 16.6. The molecule has 3 aromatic rings. The predicted molar refractivity (Wildman–Crippen MR) is 107 cm³/mol. The van der Waals surface area contributed by atoms with Crippen LogP contribution in [-0.4, -0.2) is 10.1 Å². The number of ether oxygens (including phenoxy) is 1. The molecule has 142 valence electrons. The number of benzene rings is 2. The lowest BCUT2D eigenvalue weighted by atomic mass is 9.77. The van der Waals surface area contributed by atoms with Gasteiger partial charge in [-0.3, -0.25) is 0 Å². The molecule has 1 aliphatic carbocycles. The fourth-order valence-electron chi connectivity index (χ4n) is 2.90. The number of nitrogens with two attached hydrogens (primary N) is 1. The van der Waals surface area contributed by atoms with Crippen molar-refractivity contribution >= 4 is 35.6 Å². The minimum atomic E-state index is -0.571. The van der Waals surface area contributed by atoms with Crippen LogP contribution in [0.5, 0.6) is 5.75 Å². The van der Waals surface area contributed by atoms with Crippen molar-refractivity contribution < 1.29 is 9.26 Å². The van der Waals surface area contributed by atoms with Gasteiger partial charge in [-0.2, -0.15) is 4.98 Å². The lowest BCUT2D eigenvalue weighted by molar-refractivity contribution is 0.191. The molecule has 1 heterocycles. The maximum atomic E-state index is 6.31. The molecule has 4 rings (SSSR count). The minimum Gasteiger partial charge on any atom is -0.476 e. The Hall–Kier alpha value is -1.79. The first-order valence-electron chi connectivity index (χ1n) is 8.35. The average molecular weight is 427 g/mol. The Morgan fingerprint density at radius 2 is 1.81 bits per heavy atom. The molecule has 27 heavy (non-hydrogen) atoms. The molecule has 0 amide bonds. The van der Waals surface area contributed by atoms with E-state index in [1.54, 1.807) is 18.2 Å². The summed E-state index contributed by atoms with van der Waals surface area (Å²) in [6, 6.07) is 14.8. The number of hydrogen-bond donors (Lipinski definition) is 1. The molecular weight excluding hydrogens is 409 g/mol. The number of hydrogen-bond acceptors (Lipinski definition) is 5. The van der Waals surface area contributed by atoms with Gasteiger partial charge in [-0.25, -0.2) is 0 Å². The van der Waals surface area contributed by atoms with Gasteiger partial charge < -0.3 is 15.0 Å². The van der Waals surface area contributed by atoms with E-state index in [-0.39, 0.29) is 12.4 Å². The smallest absolute Gasteiger partial charge is 0.272 e. The van der Waals surface area contributed by atoms with Gasteiger partial charge in [0.05, 0.1) is 15.6 Å². The third-order valence-electron chi connectivity index (χ3n) is 4.60. The van der Waals surface area contributed by atoms with Crippen LogP contribution in [0, 0.1) is 0 Å². The van der Waals surface area contributed by atoms with Crippen LogP contribution in [0.2, 0.25) is 10.0 Å². The van der Waals surface area contributed by atoms with Crippen LogP contribution in [0.1, 0.15) is 42.6 Å². The van der Waals surface area contributed by atoms with Gasteiger partial charge in [-0.1, -0.05) is 58.7 Å². The summed E-state index contributed by atoms with van der Waals surface area (Å²) < 4.78 is 11.6. The van der Waals surface area contributed by atoms with Crippen LogP contribution in [-0.2, 0) is 5.54 Å². The molecule has 1 fully saturated rings. The van der Waals surface area contributed by atoms with Crippen molar-refractivity contribution in [2.75, 3.05) is 0 Å². The van der Waals surface area contributed by atoms with E-state index in [1.807, 2.05) is 30.3 Å². The van der Waals surface area contributed by atoms with Crippen molar-refractivity contribution in [3.63, 3.8) is 0 Å². The van der Waals surface area contributed by atoms with Gasteiger partial charge in [-0.05, 0) is 31.4 Å². The fraction of sp³-hybridized carbons (Fsp3) is 0.263. The van der Waals surface area contributed by atoms with Crippen LogP contribution >= 0.6 is 35.6 Å². The summed E-state index contributed by atoms with van der Waals surface area (Å²) in [5, 5.41) is 4.97. The van der Waals surface area contributed by atoms with Crippen molar-refractivity contribution in [3.8, 4) is 5.75 Å². The van der Waals surface area contributed by atoms with Crippen LogP contribution in [0.15, 0.2) is 53.1 Å². The SMILES string of the molecule is Cl.NC1(c2noc(C(Oc3ccc(Cl)c(Cl)c3)c3ccccc3)n2)CCC1. The van der Waals surface area contributed by atoms with E-state index in [1.165, 1.54) is 0 Å². The largest absolute Gasteiger partial charge is 0.476 e. The molecule has 0 saturated heterocycles. The molecule has 1 saturated carbocycles. The lowest BCUT2D eigenvalue weighted by Crippen LogP contribution is -2.44. The van der Waals surface area contributed by atoms with Crippen molar-refractivity contribution in [2.24, 2.45) is 5.73 Å². The van der Waals surface area contributed by atoms with Crippen LogP contribution in [0.4, 0.5) is 0 Å². The van der Waals surface area contributed by atoms with E-state index in [0.29, 0.717) is 27.5 Å². The third kappa shape index (κ3) is 4.06. The Morgan fingerprint density at radius 1 is 1.07 bits per heavy atom. The Kier molecular flexibility index (Phi) is 5.96. The number of nitrogens with zero attached hydrogens (tertiary/aromatic N) is 2. The second kappa shape index (κ2) is 8.07. The highest BCUT2D eigenvalue weighted by Gasteiger charge is 2.40. The van der Waals surface area contributed by atoms with Crippen molar-refractivity contribution in [3.05, 3.63) is 75.9 Å². The number of aromatic nitrogens is 2. The first-order chi connectivity index (χ1) is 12.5. The molecule has 2 aromatic carbocycles. The van der Waals surface area contributed by atoms with Crippen molar-refractivity contribution in [1.29, 1.82) is 0 Å². The summed E-state index contributed by atoms with van der Waals surface area (Å²) in [5.41, 5.74) is 6.70. The Bertz CT molecular complexity index is 914. The zero-order valence-electron chi connectivity index (χ0n) is 14.3. The molecule has 1 aliphatic rings. The number of rotatable bonds is 5. The first kappa shape index (κ1) is 20.0. The third-order valence-corrected chi connectivity index (χ3v) is 5.34. The second-order valence-corrected chi connectivity index (χ2v) is 7.26. The summed E-state index contributed by atoms with van der Waals surface area (Å²) in [7, 11) is 0. The first-order valence-corrected chi connectivity index (χ1v) is 9.10. The predicted octanol–water partition coefficient (Wildman–Crippen LogP) is 5.30. The molecular formula is C19H18Cl3N3O2. The average Bonchev–Trinajstić information content (AvgIpc) is 3.11. The van der Waals surface area contributed by atoms with Gasteiger partial charge in [0.25, 0.3) is 5.89 Å². The monoisotopic (exact) mass is 425 g/mol. The minimum absolute atomic E-state index is 0. The fourth-order valence-corrected chi connectivity index (χ4v) is 3.19. The normalized spacial score (nSPS) is 16.1. The van der Waals surface area contributed by atoms with E-state index < -0.39 is 11.6 Å². The molecule has 0 bridgehead atoms. The van der Waals surface area contributed by atoms with E-state index >= 15 is 0 Å². The summed E-state index contributed by atoms with van der Waals surface area (Å²) >= 11 is 12.1. The second-order valence-electron chi connectivity index (χ2n) is 6.45. The standard InChI is InChI=1S/C19H17Cl2N3O2.ClH/c20-14-8-7-13(11-15(14)21)25-16(12-5-2-1-3-6-12)17-23-18(24-26-17)19(22)9-4-10-19;/h1-3,5-8,11,16H,4,9-10,22H2;1H. The summed E-state index contributed by atoms with van der Waals surface area (Å²) in [6.45, 7) is 0. The zero-order chi connectivity index (χ0) is 18.1. The topological polar surface area (TPSA) is 74.2 Å². The van der Waals surface area contributed by atoms with Gasteiger partial charge in [-0.15, -0.1) is 12.4 Å². The molecule has 8 heteroatoms. The summed E-state index contributed by atoms with van der Waals surface area (Å²) in [6.07, 6.45) is 2.21. The highest BCUT2D eigenvalue weighted by atomic mass is 35.5. The maximum Gasteiger partial charge on any atom is 0.272 e. The van der Waals surface area contributed by atoms with Gasteiger partial charge in [0, 0.05) is 11.6 Å². The Morgan fingerprint density at radius 3 is 2.44 bits per heavy atom. The maximum absolute atomic E-state index is 6.31. The van der Waals surface area contributed by atoms with Gasteiger partial charge in [0.2, 0.25) is 6.10 Å². The quantitative estimate of drug-likeness (QED) is 0.599. The molecule has 0 spiro atoms. The highest BCUT2D eigenvalue weighted by molar-refractivity contribution is 6.42. The van der Waals surface area contributed by atoms with E-state index in [0.717, 1.165) is 24.8 Å². The molecule has 1 unspecified atom stereocenters. The number of halogens is 3. The van der Waals surface area contributed by atoms with Crippen LogP contribution in [0.3, 0.4) is 0 Å². The lowest BCUT2D eigenvalue weighted by Gasteiger charge is -2.34. The Labute approximate surface area is 173 Å². The van der Waals surface area contributed by atoms with Crippen LogP contribution < -0.4 is 10.5 Å².